The lowest BCUT2D eigenvalue weighted by molar-refractivity contribution is 0.994. The van der Waals surface area contributed by atoms with Crippen molar-refractivity contribution in [2.45, 2.75) is 17.6 Å². The van der Waals surface area contributed by atoms with Gasteiger partial charge in [-0.2, -0.15) is 0 Å². The Bertz CT molecular complexity index is 592. The third kappa shape index (κ3) is 3.54. The molecular weight excluding hydrogens is 272 g/mol. The molecule has 1 aromatic heterocycles. The molecule has 2 N–H and O–H groups in total. The Morgan fingerprint density at radius 3 is 2.79 bits per heavy atom. The number of thiophene rings is 1. The van der Waals surface area contributed by atoms with Gasteiger partial charge in [0.15, 0.2) is 0 Å². The fourth-order valence-corrected chi connectivity index (χ4v) is 3.68. The fraction of sp³-hybridized carbons (Fsp3) is 0.200. The molecule has 0 amide bonds. The lowest BCUT2D eigenvalue weighted by Crippen LogP contribution is -2.25. The first kappa shape index (κ1) is 14.0. The minimum atomic E-state index is 0.945. The quantitative estimate of drug-likeness (QED) is 0.402. The van der Waals surface area contributed by atoms with Crippen LogP contribution < -0.4 is 10.9 Å². The summed E-state index contributed by atoms with van der Waals surface area (Å²) in [5.41, 5.74) is 2.06. The molecule has 1 heterocycles. The van der Waals surface area contributed by atoms with E-state index < -0.39 is 0 Å². The van der Waals surface area contributed by atoms with Crippen molar-refractivity contribution in [3.63, 3.8) is 0 Å². The van der Waals surface area contributed by atoms with Crippen LogP contribution in [-0.4, -0.2) is 7.05 Å². The van der Waals surface area contributed by atoms with Crippen LogP contribution in [0.4, 0.5) is 5.69 Å². The lowest BCUT2D eigenvalue weighted by Gasteiger charge is -2.17. The molecule has 19 heavy (non-hydrogen) atoms. The Labute approximate surface area is 122 Å². The SMILES string of the molecule is CC#Cc1cccc(N(C)N)c1SCc1cccs1. The van der Waals surface area contributed by atoms with E-state index in [4.69, 9.17) is 5.84 Å². The van der Waals surface area contributed by atoms with Crippen molar-refractivity contribution in [1.82, 2.24) is 0 Å². The summed E-state index contributed by atoms with van der Waals surface area (Å²) in [5.74, 6) is 13.0. The van der Waals surface area contributed by atoms with E-state index in [-0.39, 0.29) is 0 Å². The zero-order chi connectivity index (χ0) is 13.7. The summed E-state index contributed by atoms with van der Waals surface area (Å²) in [6, 6.07) is 10.3. The summed E-state index contributed by atoms with van der Waals surface area (Å²) in [7, 11) is 1.85. The summed E-state index contributed by atoms with van der Waals surface area (Å²) in [6.45, 7) is 1.85. The second kappa shape index (κ2) is 6.67. The predicted octanol–water partition coefficient (Wildman–Crippen LogP) is 3.72. The summed E-state index contributed by atoms with van der Waals surface area (Å²) in [6.07, 6.45) is 0. The van der Waals surface area contributed by atoms with Crippen LogP contribution in [0.2, 0.25) is 0 Å². The highest BCUT2D eigenvalue weighted by atomic mass is 32.2. The van der Waals surface area contributed by atoms with Gasteiger partial charge in [0.05, 0.1) is 5.69 Å². The van der Waals surface area contributed by atoms with Crippen molar-refractivity contribution >= 4 is 28.8 Å². The highest BCUT2D eigenvalue weighted by Gasteiger charge is 2.10. The van der Waals surface area contributed by atoms with Crippen LogP contribution in [0.25, 0.3) is 0 Å². The number of benzene rings is 1. The van der Waals surface area contributed by atoms with Crippen LogP contribution in [-0.2, 0) is 5.75 Å². The third-order valence-corrected chi connectivity index (χ3v) is 4.80. The van der Waals surface area contributed by atoms with Crippen molar-refractivity contribution in [3.05, 3.63) is 46.2 Å². The van der Waals surface area contributed by atoms with Gasteiger partial charge in [-0.3, -0.25) is 0 Å². The van der Waals surface area contributed by atoms with Gasteiger partial charge in [-0.15, -0.1) is 29.0 Å². The average molecular weight is 288 g/mol. The number of hydrazine groups is 1. The van der Waals surface area contributed by atoms with Gasteiger partial charge in [-0.1, -0.05) is 18.1 Å². The molecule has 0 fully saturated rings. The van der Waals surface area contributed by atoms with Crippen molar-refractivity contribution < 1.29 is 0 Å². The molecule has 2 aromatic rings. The smallest absolute Gasteiger partial charge is 0.0662 e. The number of nitrogens with two attached hydrogens (primary N) is 1. The molecule has 2 rings (SSSR count). The van der Waals surface area contributed by atoms with Crippen LogP contribution in [0.15, 0.2) is 40.6 Å². The van der Waals surface area contributed by atoms with Crippen molar-refractivity contribution in [1.29, 1.82) is 0 Å². The molecule has 0 saturated heterocycles. The molecule has 0 aliphatic heterocycles. The third-order valence-electron chi connectivity index (χ3n) is 2.57. The van der Waals surface area contributed by atoms with Gasteiger partial charge in [0.1, 0.15) is 0 Å². The van der Waals surface area contributed by atoms with Gasteiger partial charge in [-0.25, -0.2) is 5.84 Å². The predicted molar refractivity (Wildman–Crippen MR) is 85.5 cm³/mol. The second-order valence-corrected chi connectivity index (χ2v) is 6.03. The minimum absolute atomic E-state index is 0.945. The molecule has 0 aliphatic carbocycles. The molecular formula is C15H16N2S2. The average Bonchev–Trinajstić information content (AvgIpc) is 2.90. The van der Waals surface area contributed by atoms with Crippen LogP contribution in [0.3, 0.4) is 0 Å². The molecule has 0 spiro atoms. The van der Waals surface area contributed by atoms with Gasteiger partial charge in [0.25, 0.3) is 0 Å². The molecule has 98 valence electrons. The highest BCUT2D eigenvalue weighted by Crippen LogP contribution is 2.34. The van der Waals surface area contributed by atoms with Crippen LogP contribution in [0.1, 0.15) is 17.4 Å². The van der Waals surface area contributed by atoms with Crippen LogP contribution in [0.5, 0.6) is 0 Å². The maximum absolute atomic E-state index is 5.90. The van der Waals surface area contributed by atoms with Gasteiger partial charge in [-0.05, 0) is 30.5 Å². The topological polar surface area (TPSA) is 29.3 Å². The number of anilines is 1. The first-order valence-corrected chi connectivity index (χ1v) is 7.78. The first-order chi connectivity index (χ1) is 9.22. The van der Waals surface area contributed by atoms with Gasteiger partial charge >= 0.3 is 0 Å². The van der Waals surface area contributed by atoms with E-state index in [0.717, 1.165) is 21.9 Å². The molecule has 1 aromatic carbocycles. The molecule has 0 saturated carbocycles. The Morgan fingerprint density at radius 1 is 1.32 bits per heavy atom. The monoisotopic (exact) mass is 288 g/mol. The number of hydrogen-bond donors (Lipinski definition) is 1. The van der Waals surface area contributed by atoms with E-state index in [9.17, 15) is 0 Å². The van der Waals surface area contributed by atoms with E-state index in [1.165, 1.54) is 4.88 Å². The van der Waals surface area contributed by atoms with Gasteiger partial charge in [0.2, 0.25) is 0 Å². The normalized spacial score (nSPS) is 9.84. The Hall–Kier alpha value is -1.41. The number of thioether (sulfide) groups is 1. The molecule has 2 nitrogen and oxygen atoms in total. The molecule has 0 atom stereocenters. The zero-order valence-corrected chi connectivity index (χ0v) is 12.6. The van der Waals surface area contributed by atoms with E-state index in [0.29, 0.717) is 0 Å². The summed E-state index contributed by atoms with van der Waals surface area (Å²) in [4.78, 5) is 2.50. The summed E-state index contributed by atoms with van der Waals surface area (Å²) >= 11 is 3.56. The Morgan fingerprint density at radius 2 is 2.16 bits per heavy atom. The Kier molecular flexibility index (Phi) is 4.92. The lowest BCUT2D eigenvalue weighted by atomic mass is 10.2. The van der Waals surface area contributed by atoms with Gasteiger partial charge < -0.3 is 5.01 Å². The van der Waals surface area contributed by atoms with Crippen LogP contribution in [0, 0.1) is 11.8 Å². The van der Waals surface area contributed by atoms with Crippen molar-refractivity contribution in [2.24, 2.45) is 5.84 Å². The molecule has 0 aliphatic rings. The van der Waals surface area contributed by atoms with E-state index >= 15 is 0 Å². The second-order valence-electron chi connectivity index (χ2n) is 4.01. The maximum Gasteiger partial charge on any atom is 0.0662 e. The van der Waals surface area contributed by atoms with Crippen molar-refractivity contribution in [3.8, 4) is 11.8 Å². The number of rotatable bonds is 4. The maximum atomic E-state index is 5.90. The molecule has 0 unspecified atom stereocenters. The first-order valence-electron chi connectivity index (χ1n) is 5.91. The zero-order valence-electron chi connectivity index (χ0n) is 11.0. The van der Waals surface area contributed by atoms with E-state index in [1.54, 1.807) is 28.1 Å². The van der Waals surface area contributed by atoms with Crippen molar-refractivity contribution in [2.75, 3.05) is 12.1 Å². The van der Waals surface area contributed by atoms with E-state index in [2.05, 4.69) is 29.4 Å². The molecule has 0 bridgehead atoms. The number of nitrogens with zero attached hydrogens (tertiary/aromatic N) is 1. The summed E-state index contributed by atoms with van der Waals surface area (Å²) < 4.78 is 0. The minimum Gasteiger partial charge on any atom is -0.313 e. The number of hydrogen-bond acceptors (Lipinski definition) is 4. The largest absolute Gasteiger partial charge is 0.313 e. The summed E-state index contributed by atoms with van der Waals surface area (Å²) in [5, 5.41) is 3.75. The molecule has 0 radical (unpaired) electrons. The standard InChI is InChI=1S/C15H16N2S2/c1-3-6-12-7-4-9-14(17(2)16)15(12)19-11-13-8-5-10-18-13/h4-5,7-10H,11,16H2,1-2H3. The van der Waals surface area contributed by atoms with Gasteiger partial charge in [0, 0.05) is 28.1 Å². The fourth-order valence-electron chi connectivity index (χ4n) is 1.73. The van der Waals surface area contributed by atoms with E-state index in [1.807, 2.05) is 32.2 Å². The Balaban J connectivity index is 2.31. The highest BCUT2D eigenvalue weighted by molar-refractivity contribution is 7.98. The molecule has 4 heteroatoms. The van der Waals surface area contributed by atoms with Crippen LogP contribution >= 0.6 is 23.1 Å².